The molecule has 0 aliphatic heterocycles. The maximum Gasteiger partial charge on any atom is 0.170 e. The zero-order chi connectivity index (χ0) is 20.1. The summed E-state index contributed by atoms with van der Waals surface area (Å²) in [5, 5.41) is 13.0. The third-order valence-corrected chi connectivity index (χ3v) is 5.49. The summed E-state index contributed by atoms with van der Waals surface area (Å²) in [6.07, 6.45) is 0.908. The van der Waals surface area contributed by atoms with Crippen LogP contribution in [0.3, 0.4) is 0 Å². The van der Waals surface area contributed by atoms with Crippen molar-refractivity contribution >= 4 is 46.2 Å². The van der Waals surface area contributed by atoms with E-state index in [1.165, 1.54) is 5.56 Å². The average Bonchev–Trinajstić information content (AvgIpc) is 2.93. The first-order valence-corrected chi connectivity index (χ1v) is 10.2. The lowest BCUT2D eigenvalue weighted by Gasteiger charge is -2.12. The smallest absolute Gasteiger partial charge is 0.170 e. The van der Waals surface area contributed by atoms with Crippen molar-refractivity contribution in [3.63, 3.8) is 0 Å². The van der Waals surface area contributed by atoms with Gasteiger partial charge >= 0.3 is 0 Å². The summed E-state index contributed by atoms with van der Waals surface area (Å²) in [5.41, 5.74) is 4.87. The Morgan fingerprint density at radius 1 is 1.04 bits per heavy atom. The van der Waals surface area contributed by atoms with Gasteiger partial charge in [-0.1, -0.05) is 59.6 Å². The first kappa shape index (κ1) is 20.6. The molecule has 28 heavy (non-hydrogen) atoms. The second-order valence-corrected chi connectivity index (χ2v) is 7.74. The minimum Gasteiger partial charge on any atom is -0.362 e. The van der Waals surface area contributed by atoms with E-state index in [2.05, 4.69) is 27.9 Å². The van der Waals surface area contributed by atoms with Crippen molar-refractivity contribution < 1.29 is 0 Å². The Labute approximate surface area is 180 Å². The molecule has 0 saturated heterocycles. The van der Waals surface area contributed by atoms with Crippen molar-refractivity contribution in [2.45, 2.75) is 26.8 Å². The van der Waals surface area contributed by atoms with Gasteiger partial charge in [0.15, 0.2) is 5.11 Å². The van der Waals surface area contributed by atoms with Gasteiger partial charge in [0.05, 0.1) is 23.6 Å². The molecule has 2 N–H and O–H groups in total. The van der Waals surface area contributed by atoms with E-state index in [0.29, 0.717) is 21.7 Å². The van der Waals surface area contributed by atoms with Crippen molar-refractivity contribution in [3.8, 4) is 0 Å². The molecule has 3 aromatic rings. The molecule has 2 aromatic carbocycles. The van der Waals surface area contributed by atoms with E-state index < -0.39 is 0 Å². The summed E-state index contributed by atoms with van der Waals surface area (Å²) in [7, 11) is 0. The van der Waals surface area contributed by atoms with Crippen LogP contribution in [-0.4, -0.2) is 21.4 Å². The topological polar surface area (TPSA) is 41.9 Å². The van der Waals surface area contributed by atoms with Gasteiger partial charge in [-0.3, -0.25) is 4.68 Å². The second-order valence-electron chi connectivity index (χ2n) is 6.52. The maximum absolute atomic E-state index is 6.30. The first-order valence-electron chi connectivity index (χ1n) is 9.01. The molecule has 0 radical (unpaired) electrons. The van der Waals surface area contributed by atoms with Crippen LogP contribution < -0.4 is 10.6 Å². The lowest BCUT2D eigenvalue weighted by Crippen LogP contribution is -2.30. The number of aryl methyl sites for hydroxylation is 1. The molecule has 0 fully saturated rings. The molecular formula is C21H22Cl2N4S. The Morgan fingerprint density at radius 2 is 1.71 bits per heavy atom. The molecule has 0 bridgehead atoms. The molecule has 0 saturated carbocycles. The molecule has 1 heterocycles. The Bertz CT molecular complexity index is 950. The highest BCUT2D eigenvalue weighted by molar-refractivity contribution is 7.80. The summed E-state index contributed by atoms with van der Waals surface area (Å²) >= 11 is 18.0. The number of hydrogen-bond acceptors (Lipinski definition) is 2. The van der Waals surface area contributed by atoms with E-state index in [1.54, 1.807) is 0 Å². The highest BCUT2D eigenvalue weighted by atomic mass is 35.5. The highest BCUT2D eigenvalue weighted by Gasteiger charge is 2.15. The fourth-order valence-electron chi connectivity index (χ4n) is 2.99. The summed E-state index contributed by atoms with van der Waals surface area (Å²) in [4.78, 5) is 0. The van der Waals surface area contributed by atoms with Crippen LogP contribution in [0.15, 0.2) is 48.5 Å². The first-order chi connectivity index (χ1) is 13.5. The predicted octanol–water partition coefficient (Wildman–Crippen LogP) is 5.38. The van der Waals surface area contributed by atoms with Crippen LogP contribution in [0.5, 0.6) is 0 Å². The molecule has 3 rings (SSSR count). The number of nitrogens with zero attached hydrogens (tertiary/aromatic N) is 2. The molecule has 1 aromatic heterocycles. The number of benzene rings is 2. The molecule has 4 nitrogen and oxygen atoms in total. The Hall–Kier alpha value is -2.08. The zero-order valence-electron chi connectivity index (χ0n) is 15.8. The largest absolute Gasteiger partial charge is 0.362 e. The molecule has 0 unspecified atom stereocenters. The Balaban J connectivity index is 1.64. The van der Waals surface area contributed by atoms with Crippen molar-refractivity contribution in [1.29, 1.82) is 0 Å². The number of thiocarbonyl (C=S) groups is 1. The van der Waals surface area contributed by atoms with Crippen LogP contribution in [0.4, 0.5) is 5.69 Å². The van der Waals surface area contributed by atoms with Gasteiger partial charge in [-0.2, -0.15) is 5.10 Å². The van der Waals surface area contributed by atoms with Gasteiger partial charge in [0.1, 0.15) is 0 Å². The number of rotatable bonds is 6. The molecular weight excluding hydrogens is 411 g/mol. The van der Waals surface area contributed by atoms with Crippen LogP contribution >= 0.6 is 35.4 Å². The van der Waals surface area contributed by atoms with Crippen molar-refractivity contribution in [3.05, 3.63) is 81.1 Å². The number of halogens is 2. The molecule has 0 atom stereocenters. The molecule has 0 spiro atoms. The summed E-state index contributed by atoms with van der Waals surface area (Å²) in [6.45, 7) is 5.21. The van der Waals surface area contributed by atoms with Crippen LogP contribution in [-0.2, 0) is 13.0 Å². The zero-order valence-corrected chi connectivity index (χ0v) is 18.1. The third-order valence-electron chi connectivity index (χ3n) is 4.53. The van der Waals surface area contributed by atoms with E-state index in [1.807, 2.05) is 54.9 Å². The molecule has 0 amide bonds. The second kappa shape index (κ2) is 9.41. The van der Waals surface area contributed by atoms with Crippen LogP contribution in [0, 0.1) is 13.8 Å². The molecule has 7 heteroatoms. The van der Waals surface area contributed by atoms with E-state index in [4.69, 9.17) is 35.4 Å². The van der Waals surface area contributed by atoms with Gasteiger partial charge in [0.25, 0.3) is 0 Å². The average molecular weight is 433 g/mol. The van der Waals surface area contributed by atoms with Crippen molar-refractivity contribution in [2.24, 2.45) is 0 Å². The fourth-order valence-corrected chi connectivity index (χ4v) is 3.71. The number of anilines is 1. The van der Waals surface area contributed by atoms with E-state index in [0.717, 1.165) is 35.6 Å². The monoisotopic (exact) mass is 432 g/mol. The van der Waals surface area contributed by atoms with Gasteiger partial charge in [0.2, 0.25) is 0 Å². The fraction of sp³-hybridized carbons (Fsp3) is 0.238. The summed E-state index contributed by atoms with van der Waals surface area (Å²) < 4.78 is 1.89. The van der Waals surface area contributed by atoms with Crippen molar-refractivity contribution in [2.75, 3.05) is 11.9 Å². The minimum absolute atomic E-state index is 0.501. The Morgan fingerprint density at radius 3 is 2.39 bits per heavy atom. The summed E-state index contributed by atoms with van der Waals surface area (Å²) in [6, 6.07) is 15.8. The SMILES string of the molecule is Cc1nn(Cc2c(Cl)cccc2Cl)c(C)c1NC(=S)NCCc1ccccc1. The van der Waals surface area contributed by atoms with Gasteiger partial charge in [-0.25, -0.2) is 0 Å². The van der Waals surface area contributed by atoms with Crippen LogP contribution in [0.25, 0.3) is 0 Å². The maximum atomic E-state index is 6.30. The standard InChI is InChI=1S/C21H22Cl2N4S/c1-14-20(25-21(28)24-12-11-16-7-4-3-5-8-16)15(2)27(26-14)13-17-18(22)9-6-10-19(17)23/h3-10H,11-13H2,1-2H3,(H2,24,25,28). The Kier molecular flexibility index (Phi) is 6.94. The number of hydrogen-bond donors (Lipinski definition) is 2. The number of nitrogens with one attached hydrogen (secondary N) is 2. The highest BCUT2D eigenvalue weighted by Crippen LogP contribution is 2.27. The van der Waals surface area contributed by atoms with Gasteiger partial charge in [-0.05, 0) is 50.2 Å². The quantitative estimate of drug-likeness (QED) is 0.512. The van der Waals surface area contributed by atoms with Gasteiger partial charge < -0.3 is 10.6 Å². The lowest BCUT2D eigenvalue weighted by atomic mass is 10.1. The van der Waals surface area contributed by atoms with E-state index in [9.17, 15) is 0 Å². The van der Waals surface area contributed by atoms with Crippen molar-refractivity contribution in [1.82, 2.24) is 15.1 Å². The van der Waals surface area contributed by atoms with Crippen LogP contribution in [0.2, 0.25) is 10.0 Å². The predicted molar refractivity (Wildman–Crippen MR) is 122 cm³/mol. The normalized spacial score (nSPS) is 10.7. The third kappa shape index (κ3) is 5.04. The van der Waals surface area contributed by atoms with E-state index in [-0.39, 0.29) is 0 Å². The lowest BCUT2D eigenvalue weighted by molar-refractivity contribution is 0.659. The van der Waals surface area contributed by atoms with E-state index >= 15 is 0 Å². The van der Waals surface area contributed by atoms with Gasteiger partial charge in [-0.15, -0.1) is 0 Å². The van der Waals surface area contributed by atoms with Crippen LogP contribution in [0.1, 0.15) is 22.5 Å². The van der Waals surface area contributed by atoms with Gasteiger partial charge in [0, 0.05) is 22.2 Å². The minimum atomic E-state index is 0.501. The molecule has 0 aliphatic rings. The molecule has 146 valence electrons. The number of aromatic nitrogens is 2. The molecule has 0 aliphatic carbocycles. The summed E-state index contributed by atoms with van der Waals surface area (Å²) in [5.74, 6) is 0.